The van der Waals surface area contributed by atoms with Crippen molar-refractivity contribution in [2.24, 2.45) is 0 Å². The van der Waals surface area contributed by atoms with Crippen molar-refractivity contribution in [2.45, 2.75) is 26.2 Å². The highest BCUT2D eigenvalue weighted by molar-refractivity contribution is 9.10. The molecule has 0 aliphatic heterocycles. The molecule has 0 spiro atoms. The average molecular weight is 331 g/mol. The fourth-order valence-corrected chi connectivity index (χ4v) is 2.15. The largest absolute Gasteiger partial charge is 0.381 e. The fourth-order valence-electron chi connectivity index (χ4n) is 1.84. The van der Waals surface area contributed by atoms with Crippen molar-refractivity contribution in [2.75, 3.05) is 5.73 Å². The van der Waals surface area contributed by atoms with E-state index in [2.05, 4.69) is 26.2 Å². The van der Waals surface area contributed by atoms with Crippen LogP contribution in [0.4, 0.5) is 14.6 Å². The summed E-state index contributed by atoms with van der Waals surface area (Å²) < 4.78 is 28.8. The molecule has 1 heterocycles. The standard InChI is InChI=1S/C12H13BrF2N4/c1-12(2,3)10-11(16)17-18-19(10)9-5-7(14)6(13)4-8(9)15/h4-5H,16H2,1-3H3. The van der Waals surface area contributed by atoms with Crippen molar-refractivity contribution < 1.29 is 8.78 Å². The van der Waals surface area contributed by atoms with Crippen LogP contribution in [-0.4, -0.2) is 15.0 Å². The summed E-state index contributed by atoms with van der Waals surface area (Å²) in [6.07, 6.45) is 0. The van der Waals surface area contributed by atoms with E-state index in [0.717, 1.165) is 12.1 Å². The maximum absolute atomic E-state index is 14.0. The second kappa shape index (κ2) is 4.56. The lowest BCUT2D eigenvalue weighted by Gasteiger charge is -2.20. The third kappa shape index (κ3) is 2.47. The van der Waals surface area contributed by atoms with Gasteiger partial charge in [-0.3, -0.25) is 0 Å². The van der Waals surface area contributed by atoms with Crippen LogP contribution in [0.3, 0.4) is 0 Å². The summed E-state index contributed by atoms with van der Waals surface area (Å²) in [5.74, 6) is -0.982. The van der Waals surface area contributed by atoms with Crippen LogP contribution in [0.1, 0.15) is 26.5 Å². The predicted molar refractivity (Wildman–Crippen MR) is 72.1 cm³/mol. The summed E-state index contributed by atoms with van der Waals surface area (Å²) in [6.45, 7) is 5.68. The Morgan fingerprint density at radius 2 is 1.84 bits per heavy atom. The zero-order chi connectivity index (χ0) is 14.4. The number of aromatic nitrogens is 3. The molecule has 0 fully saturated rings. The third-order valence-electron chi connectivity index (χ3n) is 2.62. The molecular weight excluding hydrogens is 318 g/mol. The van der Waals surface area contributed by atoms with Gasteiger partial charge in [-0.25, -0.2) is 13.5 Å². The van der Waals surface area contributed by atoms with Crippen molar-refractivity contribution in [1.82, 2.24) is 15.0 Å². The second-order valence-corrected chi connectivity index (χ2v) is 6.06. The van der Waals surface area contributed by atoms with Gasteiger partial charge in [-0.15, -0.1) is 5.10 Å². The highest BCUT2D eigenvalue weighted by Crippen LogP contribution is 2.30. The lowest BCUT2D eigenvalue weighted by atomic mass is 9.91. The fraction of sp³-hybridized carbons (Fsp3) is 0.333. The van der Waals surface area contributed by atoms with E-state index in [-0.39, 0.29) is 16.0 Å². The number of nitrogen functional groups attached to an aromatic ring is 1. The van der Waals surface area contributed by atoms with Gasteiger partial charge >= 0.3 is 0 Å². The summed E-state index contributed by atoms with van der Waals surface area (Å²) in [5, 5.41) is 7.55. The van der Waals surface area contributed by atoms with Crippen LogP contribution in [0, 0.1) is 11.6 Å². The molecule has 0 saturated carbocycles. The first kappa shape index (κ1) is 13.9. The number of hydrogen-bond acceptors (Lipinski definition) is 3. The van der Waals surface area contributed by atoms with E-state index in [4.69, 9.17) is 5.73 Å². The zero-order valence-corrected chi connectivity index (χ0v) is 12.3. The number of rotatable bonds is 1. The SMILES string of the molecule is CC(C)(C)c1c(N)nnn1-c1cc(F)c(Br)cc1F. The third-order valence-corrected chi connectivity index (χ3v) is 3.23. The van der Waals surface area contributed by atoms with Gasteiger partial charge in [0, 0.05) is 11.5 Å². The minimum absolute atomic E-state index is 0.0187. The first-order chi connectivity index (χ1) is 8.71. The van der Waals surface area contributed by atoms with Crippen molar-refractivity contribution in [3.8, 4) is 5.69 Å². The minimum Gasteiger partial charge on any atom is -0.381 e. The molecule has 0 amide bonds. The number of nitrogens with zero attached hydrogens (tertiary/aromatic N) is 3. The average Bonchev–Trinajstić information content (AvgIpc) is 2.65. The zero-order valence-electron chi connectivity index (χ0n) is 10.7. The summed E-state index contributed by atoms with van der Waals surface area (Å²) in [6, 6.07) is 2.11. The first-order valence-corrected chi connectivity index (χ1v) is 6.37. The molecule has 0 radical (unpaired) electrons. The van der Waals surface area contributed by atoms with Crippen molar-refractivity contribution >= 4 is 21.7 Å². The monoisotopic (exact) mass is 330 g/mol. The Balaban J connectivity index is 2.70. The van der Waals surface area contributed by atoms with Crippen LogP contribution < -0.4 is 5.73 Å². The molecule has 2 N–H and O–H groups in total. The summed E-state index contributed by atoms with van der Waals surface area (Å²) in [4.78, 5) is 0. The molecule has 0 aliphatic rings. The van der Waals surface area contributed by atoms with Crippen LogP contribution in [-0.2, 0) is 5.41 Å². The molecule has 0 unspecified atom stereocenters. The van der Waals surface area contributed by atoms with Gasteiger partial charge in [0.05, 0.1) is 10.2 Å². The van der Waals surface area contributed by atoms with Gasteiger partial charge in [0.25, 0.3) is 0 Å². The minimum atomic E-state index is -0.608. The predicted octanol–water partition coefficient (Wildman–Crippen LogP) is 3.19. The van der Waals surface area contributed by atoms with Gasteiger partial charge in [0.1, 0.15) is 17.3 Å². The molecule has 1 aromatic carbocycles. The molecule has 4 nitrogen and oxygen atoms in total. The van der Waals surface area contributed by atoms with Gasteiger partial charge in [0.2, 0.25) is 0 Å². The van der Waals surface area contributed by atoms with Gasteiger partial charge in [0.15, 0.2) is 5.82 Å². The Morgan fingerprint density at radius 1 is 1.21 bits per heavy atom. The molecule has 1 aromatic heterocycles. The maximum atomic E-state index is 14.0. The van der Waals surface area contributed by atoms with E-state index in [1.54, 1.807) is 0 Å². The number of benzene rings is 1. The molecule has 2 aromatic rings. The Kier molecular flexibility index (Phi) is 3.34. The van der Waals surface area contributed by atoms with Gasteiger partial charge in [-0.2, -0.15) is 0 Å². The Morgan fingerprint density at radius 3 is 2.42 bits per heavy atom. The molecule has 0 atom stereocenters. The van der Waals surface area contributed by atoms with Crippen LogP contribution >= 0.6 is 15.9 Å². The highest BCUT2D eigenvalue weighted by atomic mass is 79.9. The number of nitrogens with two attached hydrogens (primary N) is 1. The summed E-state index contributed by atoms with van der Waals surface area (Å²) in [5.41, 5.74) is 5.88. The first-order valence-electron chi connectivity index (χ1n) is 5.58. The van der Waals surface area contributed by atoms with Gasteiger partial charge in [-0.1, -0.05) is 26.0 Å². The normalized spacial score (nSPS) is 11.9. The second-order valence-electron chi connectivity index (χ2n) is 5.20. The van der Waals surface area contributed by atoms with Gasteiger partial charge < -0.3 is 5.73 Å². The molecule has 2 rings (SSSR count). The topological polar surface area (TPSA) is 56.7 Å². The van der Waals surface area contributed by atoms with E-state index >= 15 is 0 Å². The van der Waals surface area contributed by atoms with Gasteiger partial charge in [-0.05, 0) is 22.0 Å². The van der Waals surface area contributed by atoms with Crippen LogP contribution in [0.25, 0.3) is 5.69 Å². The Hall–Kier alpha value is -1.50. The lowest BCUT2D eigenvalue weighted by molar-refractivity contribution is 0.527. The van der Waals surface area contributed by atoms with Crippen molar-refractivity contribution in [3.05, 3.63) is 33.9 Å². The quantitative estimate of drug-likeness (QED) is 0.817. The number of anilines is 1. The van der Waals surface area contributed by atoms with Crippen LogP contribution in [0.15, 0.2) is 16.6 Å². The highest BCUT2D eigenvalue weighted by Gasteiger charge is 2.26. The molecular formula is C12H13BrF2N4. The number of hydrogen-bond donors (Lipinski definition) is 1. The van der Waals surface area contributed by atoms with E-state index in [1.807, 2.05) is 20.8 Å². The van der Waals surface area contributed by atoms with Crippen LogP contribution in [0.2, 0.25) is 0 Å². The number of halogens is 3. The summed E-state index contributed by atoms with van der Waals surface area (Å²) in [7, 11) is 0. The molecule has 0 bridgehead atoms. The summed E-state index contributed by atoms with van der Waals surface area (Å²) >= 11 is 2.93. The van der Waals surface area contributed by atoms with E-state index < -0.39 is 17.0 Å². The smallest absolute Gasteiger partial charge is 0.170 e. The molecule has 0 saturated heterocycles. The van der Waals surface area contributed by atoms with Crippen molar-refractivity contribution in [1.29, 1.82) is 0 Å². The van der Waals surface area contributed by atoms with E-state index in [0.29, 0.717) is 5.69 Å². The molecule has 0 aliphatic carbocycles. The Bertz CT molecular complexity index is 631. The van der Waals surface area contributed by atoms with E-state index in [9.17, 15) is 8.78 Å². The van der Waals surface area contributed by atoms with Crippen LogP contribution in [0.5, 0.6) is 0 Å². The van der Waals surface area contributed by atoms with Crippen molar-refractivity contribution in [3.63, 3.8) is 0 Å². The Labute approximate surface area is 117 Å². The lowest BCUT2D eigenvalue weighted by Crippen LogP contribution is -2.20. The molecule has 102 valence electrons. The van der Waals surface area contributed by atoms with E-state index in [1.165, 1.54) is 4.68 Å². The molecule has 7 heteroatoms. The maximum Gasteiger partial charge on any atom is 0.170 e. The molecule has 19 heavy (non-hydrogen) atoms.